The van der Waals surface area contributed by atoms with Crippen molar-refractivity contribution in [3.8, 4) is 22.3 Å². The Morgan fingerprint density at radius 1 is 0.625 bits per heavy atom. The van der Waals surface area contributed by atoms with Crippen LogP contribution >= 0.6 is 0 Å². The van der Waals surface area contributed by atoms with Crippen LogP contribution in [0.5, 0.6) is 0 Å². The summed E-state index contributed by atoms with van der Waals surface area (Å²) in [7, 11) is 0. The summed E-state index contributed by atoms with van der Waals surface area (Å²) in [5.74, 6) is 0.541. The fourth-order valence-electron chi connectivity index (χ4n) is 3.72. The molecule has 1 aliphatic rings. The minimum Gasteiger partial charge on any atom is -0.0879 e. The number of allylic oxidation sites excluding steroid dienone is 2. The molecule has 0 spiro atoms. The van der Waals surface area contributed by atoms with Crippen LogP contribution in [-0.2, 0) is 0 Å². The minimum absolute atomic E-state index is 0.541. The standard InChI is InChI=1S/C24H22/c1-3-11-19(12-4-1)21-15-7-9-17-23(21)24-18-10-8-16-22(24)20-13-5-2-6-14-20/h1,3-5,7-13,15-18,20H,2,6,14H2. The molecule has 0 aromatic heterocycles. The quantitative estimate of drug-likeness (QED) is 0.464. The van der Waals surface area contributed by atoms with Crippen molar-refractivity contribution in [1.82, 2.24) is 0 Å². The van der Waals surface area contributed by atoms with Crippen molar-refractivity contribution in [2.24, 2.45) is 0 Å². The largest absolute Gasteiger partial charge is 0.0879 e. The van der Waals surface area contributed by atoms with Gasteiger partial charge in [-0.1, -0.05) is 91.0 Å². The van der Waals surface area contributed by atoms with E-state index in [1.54, 1.807) is 0 Å². The molecule has 1 unspecified atom stereocenters. The average Bonchev–Trinajstić information content (AvgIpc) is 2.69. The van der Waals surface area contributed by atoms with Crippen LogP contribution in [-0.4, -0.2) is 0 Å². The molecule has 0 amide bonds. The third kappa shape index (κ3) is 2.92. The van der Waals surface area contributed by atoms with Crippen molar-refractivity contribution in [2.45, 2.75) is 25.2 Å². The second-order valence-electron chi connectivity index (χ2n) is 6.46. The molecule has 0 bridgehead atoms. The molecule has 1 atom stereocenters. The first-order valence-corrected chi connectivity index (χ1v) is 8.84. The first-order chi connectivity index (χ1) is 11.9. The molecule has 24 heavy (non-hydrogen) atoms. The van der Waals surface area contributed by atoms with Crippen molar-refractivity contribution in [3.05, 3.63) is 96.6 Å². The summed E-state index contributed by atoms with van der Waals surface area (Å²) >= 11 is 0. The fourth-order valence-corrected chi connectivity index (χ4v) is 3.72. The van der Waals surface area contributed by atoms with Gasteiger partial charge in [0.1, 0.15) is 0 Å². The number of hydrogen-bond donors (Lipinski definition) is 0. The van der Waals surface area contributed by atoms with Gasteiger partial charge in [0.05, 0.1) is 0 Å². The smallest absolute Gasteiger partial charge is 0.00242 e. The van der Waals surface area contributed by atoms with Gasteiger partial charge < -0.3 is 0 Å². The summed E-state index contributed by atoms with van der Waals surface area (Å²) in [6.45, 7) is 0. The van der Waals surface area contributed by atoms with Crippen LogP contribution in [0.3, 0.4) is 0 Å². The van der Waals surface area contributed by atoms with Crippen molar-refractivity contribution in [1.29, 1.82) is 0 Å². The Morgan fingerprint density at radius 2 is 1.29 bits per heavy atom. The Labute approximate surface area is 144 Å². The summed E-state index contributed by atoms with van der Waals surface area (Å²) in [5, 5.41) is 0. The van der Waals surface area contributed by atoms with Crippen LogP contribution in [0.1, 0.15) is 30.7 Å². The summed E-state index contributed by atoms with van der Waals surface area (Å²) in [6.07, 6.45) is 8.50. The Morgan fingerprint density at radius 3 is 2.04 bits per heavy atom. The predicted octanol–water partition coefficient (Wildman–Crippen LogP) is 6.84. The Balaban J connectivity index is 1.86. The van der Waals surface area contributed by atoms with E-state index in [1.165, 1.54) is 47.1 Å². The normalized spacial score (nSPS) is 16.9. The highest BCUT2D eigenvalue weighted by atomic mass is 14.2. The lowest BCUT2D eigenvalue weighted by Gasteiger charge is -2.21. The predicted molar refractivity (Wildman–Crippen MR) is 103 cm³/mol. The van der Waals surface area contributed by atoms with Crippen molar-refractivity contribution < 1.29 is 0 Å². The molecule has 0 N–H and O–H groups in total. The summed E-state index contributed by atoms with van der Waals surface area (Å²) in [6, 6.07) is 28.4. The monoisotopic (exact) mass is 310 g/mol. The molecule has 0 aliphatic heterocycles. The molecule has 0 saturated carbocycles. The lowest BCUT2D eigenvalue weighted by Crippen LogP contribution is -2.01. The first kappa shape index (κ1) is 15.0. The van der Waals surface area contributed by atoms with E-state index in [2.05, 4.69) is 91.0 Å². The van der Waals surface area contributed by atoms with E-state index >= 15 is 0 Å². The number of rotatable bonds is 3. The van der Waals surface area contributed by atoms with Crippen LogP contribution in [0.25, 0.3) is 22.3 Å². The molecule has 0 saturated heterocycles. The highest BCUT2D eigenvalue weighted by Crippen LogP contribution is 2.39. The molecule has 4 rings (SSSR count). The van der Waals surface area contributed by atoms with Gasteiger partial charge in [-0.05, 0) is 47.1 Å². The van der Waals surface area contributed by atoms with Crippen LogP contribution in [0, 0.1) is 0 Å². The molecule has 0 fully saturated rings. The zero-order chi connectivity index (χ0) is 16.2. The van der Waals surface area contributed by atoms with E-state index in [9.17, 15) is 0 Å². The molecule has 0 nitrogen and oxygen atoms in total. The van der Waals surface area contributed by atoms with Crippen LogP contribution < -0.4 is 0 Å². The van der Waals surface area contributed by atoms with E-state index in [0.717, 1.165) is 0 Å². The van der Waals surface area contributed by atoms with Gasteiger partial charge in [0.25, 0.3) is 0 Å². The highest BCUT2D eigenvalue weighted by molar-refractivity contribution is 5.85. The van der Waals surface area contributed by atoms with Gasteiger partial charge in [-0.2, -0.15) is 0 Å². The maximum atomic E-state index is 2.40. The van der Waals surface area contributed by atoms with Gasteiger partial charge in [-0.15, -0.1) is 0 Å². The SMILES string of the molecule is C1=CC(c2ccccc2-c2ccccc2-c2ccccc2)CCC1. The second kappa shape index (κ2) is 6.88. The molecular formula is C24H22. The summed E-state index contributed by atoms with van der Waals surface area (Å²) < 4.78 is 0. The minimum atomic E-state index is 0.541. The first-order valence-electron chi connectivity index (χ1n) is 8.84. The Hall–Kier alpha value is -2.60. The van der Waals surface area contributed by atoms with Crippen LogP contribution in [0.4, 0.5) is 0 Å². The Kier molecular flexibility index (Phi) is 4.29. The summed E-state index contributed by atoms with van der Waals surface area (Å²) in [4.78, 5) is 0. The lowest BCUT2D eigenvalue weighted by atomic mass is 9.83. The van der Waals surface area contributed by atoms with E-state index in [4.69, 9.17) is 0 Å². The van der Waals surface area contributed by atoms with Crippen molar-refractivity contribution in [3.63, 3.8) is 0 Å². The van der Waals surface area contributed by atoms with Gasteiger partial charge in [-0.3, -0.25) is 0 Å². The van der Waals surface area contributed by atoms with Crippen molar-refractivity contribution in [2.75, 3.05) is 0 Å². The van der Waals surface area contributed by atoms with Gasteiger partial charge in [-0.25, -0.2) is 0 Å². The zero-order valence-electron chi connectivity index (χ0n) is 13.9. The fraction of sp³-hybridized carbons (Fsp3) is 0.167. The molecule has 1 aliphatic carbocycles. The zero-order valence-corrected chi connectivity index (χ0v) is 13.9. The molecule has 0 radical (unpaired) electrons. The van der Waals surface area contributed by atoms with Gasteiger partial charge in [0.15, 0.2) is 0 Å². The molecule has 3 aromatic rings. The van der Waals surface area contributed by atoms with E-state index < -0.39 is 0 Å². The topological polar surface area (TPSA) is 0 Å². The molecule has 118 valence electrons. The molecular weight excluding hydrogens is 288 g/mol. The molecule has 0 heteroatoms. The third-order valence-corrected chi connectivity index (χ3v) is 4.92. The van der Waals surface area contributed by atoms with Crippen LogP contribution in [0.2, 0.25) is 0 Å². The van der Waals surface area contributed by atoms with Crippen LogP contribution in [0.15, 0.2) is 91.0 Å². The van der Waals surface area contributed by atoms with E-state index in [0.29, 0.717) is 5.92 Å². The van der Waals surface area contributed by atoms with Gasteiger partial charge >= 0.3 is 0 Å². The lowest BCUT2D eigenvalue weighted by molar-refractivity contribution is 0.655. The Bertz CT molecular complexity index is 843. The van der Waals surface area contributed by atoms with E-state index in [1.807, 2.05) is 0 Å². The second-order valence-corrected chi connectivity index (χ2v) is 6.46. The molecule has 0 heterocycles. The highest BCUT2D eigenvalue weighted by Gasteiger charge is 2.17. The number of benzene rings is 3. The maximum absolute atomic E-state index is 2.40. The van der Waals surface area contributed by atoms with Gasteiger partial charge in [0, 0.05) is 5.92 Å². The molecule has 3 aromatic carbocycles. The number of hydrogen-bond acceptors (Lipinski definition) is 0. The van der Waals surface area contributed by atoms with Crippen molar-refractivity contribution >= 4 is 0 Å². The van der Waals surface area contributed by atoms with Gasteiger partial charge in [0.2, 0.25) is 0 Å². The average molecular weight is 310 g/mol. The maximum Gasteiger partial charge on any atom is 0.00242 e. The third-order valence-electron chi connectivity index (χ3n) is 4.92. The summed E-state index contributed by atoms with van der Waals surface area (Å²) in [5.41, 5.74) is 6.75. The van der Waals surface area contributed by atoms with E-state index in [-0.39, 0.29) is 0 Å².